The maximum Gasteiger partial charge on any atom is 0.0926 e. The number of nitrogens with zero attached hydrogens (tertiary/aromatic N) is 1. The van der Waals surface area contributed by atoms with Crippen molar-refractivity contribution in [2.45, 2.75) is 33.1 Å². The van der Waals surface area contributed by atoms with Crippen molar-refractivity contribution in [2.75, 3.05) is 0 Å². The summed E-state index contributed by atoms with van der Waals surface area (Å²) in [5.74, 6) is 0. The summed E-state index contributed by atoms with van der Waals surface area (Å²) < 4.78 is 1.20. The molecule has 2 rings (SSSR count). The zero-order valence-electron chi connectivity index (χ0n) is 8.47. The Morgan fingerprint density at radius 3 is 2.79 bits per heavy atom. The summed E-state index contributed by atoms with van der Waals surface area (Å²) in [5, 5.41) is 12.5. The van der Waals surface area contributed by atoms with E-state index in [1.165, 1.54) is 10.1 Å². The molecule has 3 heteroatoms. The van der Waals surface area contributed by atoms with Crippen LogP contribution in [0.5, 0.6) is 0 Å². The van der Waals surface area contributed by atoms with Gasteiger partial charge in [0.1, 0.15) is 0 Å². The molecule has 0 aromatic carbocycles. The summed E-state index contributed by atoms with van der Waals surface area (Å²) in [7, 11) is 0. The van der Waals surface area contributed by atoms with E-state index in [1.54, 1.807) is 0 Å². The minimum atomic E-state index is -0.00641. The lowest BCUT2D eigenvalue weighted by molar-refractivity contribution is 0.311. The van der Waals surface area contributed by atoms with Crippen LogP contribution >= 0.6 is 15.9 Å². The van der Waals surface area contributed by atoms with Gasteiger partial charge in [-0.1, -0.05) is 40.5 Å². The SMILES string of the molecule is CC1(C)CC2=C(C=C(Br)CC2)/C1=N\O. The number of rotatable bonds is 0. The molecule has 0 aliphatic heterocycles. The molecule has 0 atom stereocenters. The predicted octanol–water partition coefficient (Wildman–Crippen LogP) is 3.62. The zero-order valence-corrected chi connectivity index (χ0v) is 10.1. The smallest absolute Gasteiger partial charge is 0.0926 e. The second-order valence-corrected chi connectivity index (χ2v) is 5.64. The van der Waals surface area contributed by atoms with Gasteiger partial charge in [-0.15, -0.1) is 0 Å². The van der Waals surface area contributed by atoms with Crippen LogP contribution in [0, 0.1) is 5.41 Å². The Morgan fingerprint density at radius 1 is 1.43 bits per heavy atom. The van der Waals surface area contributed by atoms with Gasteiger partial charge >= 0.3 is 0 Å². The Morgan fingerprint density at radius 2 is 2.14 bits per heavy atom. The molecule has 0 bridgehead atoms. The van der Waals surface area contributed by atoms with E-state index in [9.17, 15) is 0 Å². The van der Waals surface area contributed by atoms with Crippen molar-refractivity contribution in [2.24, 2.45) is 10.6 Å². The van der Waals surface area contributed by atoms with Gasteiger partial charge in [0.05, 0.1) is 5.71 Å². The number of hydrogen-bond acceptors (Lipinski definition) is 2. The van der Waals surface area contributed by atoms with Crippen molar-refractivity contribution < 1.29 is 5.21 Å². The average molecular weight is 256 g/mol. The van der Waals surface area contributed by atoms with E-state index in [-0.39, 0.29) is 5.41 Å². The maximum absolute atomic E-state index is 9.04. The number of hydrogen-bond donors (Lipinski definition) is 1. The molecule has 14 heavy (non-hydrogen) atoms. The van der Waals surface area contributed by atoms with Gasteiger partial charge in [0.25, 0.3) is 0 Å². The van der Waals surface area contributed by atoms with Gasteiger partial charge in [-0.25, -0.2) is 0 Å². The fourth-order valence-corrected chi connectivity index (χ4v) is 2.75. The Labute approximate surface area is 92.5 Å². The van der Waals surface area contributed by atoms with E-state index in [0.717, 1.165) is 30.5 Å². The van der Waals surface area contributed by atoms with Crippen LogP contribution < -0.4 is 0 Å². The lowest BCUT2D eigenvalue weighted by atomic mass is 9.87. The number of oxime groups is 1. The molecule has 0 unspecified atom stereocenters. The highest BCUT2D eigenvalue weighted by Crippen LogP contribution is 2.44. The fraction of sp³-hybridized carbons (Fsp3) is 0.545. The summed E-state index contributed by atoms with van der Waals surface area (Å²) in [6.07, 6.45) is 5.30. The molecule has 0 radical (unpaired) electrons. The predicted molar refractivity (Wildman–Crippen MR) is 60.9 cm³/mol. The van der Waals surface area contributed by atoms with Crippen LogP contribution in [0.3, 0.4) is 0 Å². The molecule has 0 heterocycles. The molecule has 0 fully saturated rings. The van der Waals surface area contributed by atoms with Crippen LogP contribution in [0.2, 0.25) is 0 Å². The van der Waals surface area contributed by atoms with Gasteiger partial charge < -0.3 is 5.21 Å². The first-order valence-corrected chi connectivity index (χ1v) is 5.65. The standard InChI is InChI=1S/C11H14BrNO/c1-11(2)6-7-3-4-8(12)5-9(7)10(11)13-14/h5,14H,3-4,6H2,1-2H3/b13-10+. The highest BCUT2D eigenvalue weighted by Gasteiger charge is 2.38. The molecule has 0 spiro atoms. The highest BCUT2D eigenvalue weighted by atomic mass is 79.9. The highest BCUT2D eigenvalue weighted by molar-refractivity contribution is 9.11. The molecule has 2 aliphatic carbocycles. The molecule has 0 amide bonds. The van der Waals surface area contributed by atoms with Crippen LogP contribution in [-0.2, 0) is 0 Å². The van der Waals surface area contributed by atoms with E-state index in [4.69, 9.17) is 5.21 Å². The third kappa shape index (κ3) is 1.44. The fourth-order valence-electron chi connectivity index (χ4n) is 2.33. The third-order valence-corrected chi connectivity index (χ3v) is 3.62. The molecule has 0 saturated heterocycles. The van der Waals surface area contributed by atoms with Crippen molar-refractivity contribution in [3.05, 3.63) is 21.7 Å². The van der Waals surface area contributed by atoms with E-state index in [0.29, 0.717) is 0 Å². The van der Waals surface area contributed by atoms with E-state index >= 15 is 0 Å². The molecule has 0 aromatic rings. The van der Waals surface area contributed by atoms with Crippen LogP contribution in [-0.4, -0.2) is 10.9 Å². The van der Waals surface area contributed by atoms with Crippen molar-refractivity contribution >= 4 is 21.6 Å². The number of allylic oxidation sites excluding steroid dienone is 4. The Bertz CT molecular complexity index is 363. The van der Waals surface area contributed by atoms with Crippen LogP contribution in [0.25, 0.3) is 0 Å². The van der Waals surface area contributed by atoms with E-state index < -0.39 is 0 Å². The lowest BCUT2D eigenvalue weighted by Gasteiger charge is -2.17. The molecule has 1 N–H and O–H groups in total. The topological polar surface area (TPSA) is 32.6 Å². The van der Waals surface area contributed by atoms with Crippen LogP contribution in [0.15, 0.2) is 26.9 Å². The summed E-state index contributed by atoms with van der Waals surface area (Å²) >= 11 is 3.51. The first kappa shape index (κ1) is 9.97. The van der Waals surface area contributed by atoms with Gasteiger partial charge in [0.2, 0.25) is 0 Å². The van der Waals surface area contributed by atoms with Gasteiger partial charge in [-0.05, 0) is 35.4 Å². The normalized spacial score (nSPS) is 27.9. The second-order valence-electron chi connectivity index (χ2n) is 4.62. The zero-order chi connectivity index (χ0) is 10.3. The summed E-state index contributed by atoms with van der Waals surface area (Å²) in [5.41, 5.74) is 3.42. The van der Waals surface area contributed by atoms with Crippen molar-refractivity contribution in [3.8, 4) is 0 Å². The van der Waals surface area contributed by atoms with Gasteiger partial charge in [0.15, 0.2) is 0 Å². The third-order valence-electron chi connectivity index (χ3n) is 3.00. The Balaban J connectivity index is 2.45. The van der Waals surface area contributed by atoms with Gasteiger partial charge in [0, 0.05) is 5.41 Å². The Kier molecular flexibility index (Phi) is 2.30. The lowest BCUT2D eigenvalue weighted by Crippen LogP contribution is -2.19. The maximum atomic E-state index is 9.04. The molecule has 2 nitrogen and oxygen atoms in total. The molecular formula is C11H14BrNO. The molecule has 0 aromatic heterocycles. The first-order chi connectivity index (χ1) is 6.54. The monoisotopic (exact) mass is 255 g/mol. The van der Waals surface area contributed by atoms with Gasteiger partial charge in [-0.2, -0.15) is 0 Å². The first-order valence-electron chi connectivity index (χ1n) is 4.85. The van der Waals surface area contributed by atoms with Gasteiger partial charge in [-0.3, -0.25) is 0 Å². The molecular weight excluding hydrogens is 242 g/mol. The second kappa shape index (κ2) is 3.23. The van der Waals surface area contributed by atoms with E-state index in [1.807, 2.05) is 0 Å². The summed E-state index contributed by atoms with van der Waals surface area (Å²) in [4.78, 5) is 0. The van der Waals surface area contributed by atoms with Crippen molar-refractivity contribution in [1.29, 1.82) is 0 Å². The molecule has 0 saturated carbocycles. The largest absolute Gasteiger partial charge is 0.411 e. The quantitative estimate of drug-likeness (QED) is 0.521. The van der Waals surface area contributed by atoms with Crippen LogP contribution in [0.1, 0.15) is 33.1 Å². The van der Waals surface area contributed by atoms with E-state index in [2.05, 4.69) is 41.0 Å². The summed E-state index contributed by atoms with van der Waals surface area (Å²) in [6, 6.07) is 0. The average Bonchev–Trinajstić information content (AvgIpc) is 2.34. The Hall–Kier alpha value is -0.570. The molecule has 2 aliphatic rings. The van der Waals surface area contributed by atoms with Crippen molar-refractivity contribution in [3.63, 3.8) is 0 Å². The number of halogens is 1. The molecule has 76 valence electrons. The minimum Gasteiger partial charge on any atom is -0.411 e. The summed E-state index contributed by atoms with van der Waals surface area (Å²) in [6.45, 7) is 4.25. The minimum absolute atomic E-state index is 0.00641. The van der Waals surface area contributed by atoms with Crippen molar-refractivity contribution in [1.82, 2.24) is 0 Å². The van der Waals surface area contributed by atoms with Crippen LogP contribution in [0.4, 0.5) is 0 Å².